The highest BCUT2D eigenvalue weighted by molar-refractivity contribution is 9.10. The lowest BCUT2D eigenvalue weighted by Crippen LogP contribution is -1.93. The number of nitriles is 1. The molecule has 0 heterocycles. The zero-order chi connectivity index (χ0) is 9.84. The predicted octanol–water partition coefficient (Wildman–Crippen LogP) is 3.08. The Hall–Kier alpha value is -1.01. The van der Waals surface area contributed by atoms with Gasteiger partial charge in [-0.05, 0) is 34.5 Å². The van der Waals surface area contributed by atoms with Gasteiger partial charge in [-0.2, -0.15) is 5.26 Å². The van der Waals surface area contributed by atoms with Crippen molar-refractivity contribution in [2.24, 2.45) is 0 Å². The van der Waals surface area contributed by atoms with Crippen LogP contribution in [0.5, 0.6) is 5.75 Å². The molecule has 0 aliphatic rings. The van der Waals surface area contributed by atoms with E-state index in [4.69, 9.17) is 10.00 Å². The largest absolute Gasteiger partial charge is 0.496 e. The van der Waals surface area contributed by atoms with Gasteiger partial charge in [0.25, 0.3) is 0 Å². The summed E-state index contributed by atoms with van der Waals surface area (Å²) < 4.78 is 5.99. The van der Waals surface area contributed by atoms with Crippen molar-refractivity contribution in [3.05, 3.63) is 28.2 Å². The van der Waals surface area contributed by atoms with Gasteiger partial charge in [-0.1, -0.05) is 12.1 Å². The third-order valence-corrected chi connectivity index (χ3v) is 2.72. The van der Waals surface area contributed by atoms with E-state index in [1.54, 1.807) is 7.11 Å². The normalized spacial score (nSPS) is 11.8. The molecule has 1 aromatic carbocycles. The number of benzene rings is 1. The Morgan fingerprint density at radius 3 is 2.77 bits per heavy atom. The fourth-order valence-electron chi connectivity index (χ4n) is 1.09. The van der Waals surface area contributed by atoms with E-state index in [0.717, 1.165) is 15.8 Å². The molecule has 0 aromatic heterocycles. The molecule has 1 unspecified atom stereocenters. The van der Waals surface area contributed by atoms with Crippen molar-refractivity contribution in [1.29, 1.82) is 5.26 Å². The van der Waals surface area contributed by atoms with E-state index < -0.39 is 0 Å². The number of hydrogen-bond acceptors (Lipinski definition) is 2. The molecule has 1 rings (SSSR count). The summed E-state index contributed by atoms with van der Waals surface area (Å²) in [5.41, 5.74) is 0.960. The van der Waals surface area contributed by atoms with Crippen LogP contribution in [0.15, 0.2) is 22.7 Å². The molecule has 1 atom stereocenters. The Morgan fingerprint density at radius 2 is 2.23 bits per heavy atom. The Morgan fingerprint density at radius 1 is 1.54 bits per heavy atom. The summed E-state index contributed by atoms with van der Waals surface area (Å²) in [4.78, 5) is 0. The standard InChI is InChI=1S/C10H10BrNO/c1-7(6-12)8-4-3-5-9(13-2)10(8)11/h3-5,7H,1-2H3. The van der Waals surface area contributed by atoms with Gasteiger partial charge in [0, 0.05) is 0 Å². The molecule has 0 radical (unpaired) electrons. The van der Waals surface area contributed by atoms with Crippen molar-refractivity contribution >= 4 is 15.9 Å². The molecular weight excluding hydrogens is 230 g/mol. The maximum Gasteiger partial charge on any atom is 0.133 e. The van der Waals surface area contributed by atoms with Gasteiger partial charge in [0.15, 0.2) is 0 Å². The van der Waals surface area contributed by atoms with Crippen LogP contribution in [0.25, 0.3) is 0 Å². The first-order valence-corrected chi connectivity index (χ1v) is 4.72. The molecule has 0 saturated heterocycles. The monoisotopic (exact) mass is 239 g/mol. The van der Waals surface area contributed by atoms with Crippen LogP contribution in [0, 0.1) is 11.3 Å². The molecular formula is C10H10BrNO. The summed E-state index contributed by atoms with van der Waals surface area (Å²) in [6, 6.07) is 7.85. The first-order valence-electron chi connectivity index (χ1n) is 3.92. The molecule has 2 nitrogen and oxygen atoms in total. The van der Waals surface area contributed by atoms with E-state index in [-0.39, 0.29) is 5.92 Å². The number of nitrogens with zero attached hydrogens (tertiary/aromatic N) is 1. The molecule has 0 fully saturated rings. The van der Waals surface area contributed by atoms with Crippen LogP contribution in [0.3, 0.4) is 0 Å². The second kappa shape index (κ2) is 4.29. The molecule has 3 heteroatoms. The topological polar surface area (TPSA) is 33.0 Å². The van der Waals surface area contributed by atoms with Gasteiger partial charge in [0.05, 0.1) is 23.6 Å². The number of hydrogen-bond donors (Lipinski definition) is 0. The maximum absolute atomic E-state index is 8.76. The van der Waals surface area contributed by atoms with Crippen LogP contribution in [0.1, 0.15) is 18.4 Å². The molecule has 1 aromatic rings. The number of methoxy groups -OCH3 is 1. The van der Waals surface area contributed by atoms with Crippen LogP contribution >= 0.6 is 15.9 Å². The van der Waals surface area contributed by atoms with Gasteiger partial charge < -0.3 is 4.74 Å². The summed E-state index contributed by atoms with van der Waals surface area (Å²) in [5, 5.41) is 8.76. The summed E-state index contributed by atoms with van der Waals surface area (Å²) >= 11 is 3.41. The molecule has 13 heavy (non-hydrogen) atoms. The zero-order valence-electron chi connectivity index (χ0n) is 7.54. The first-order chi connectivity index (χ1) is 6.20. The van der Waals surface area contributed by atoms with Gasteiger partial charge in [0.1, 0.15) is 5.75 Å². The molecule has 0 aliphatic heterocycles. The fraction of sp³-hybridized carbons (Fsp3) is 0.300. The van der Waals surface area contributed by atoms with E-state index in [1.165, 1.54) is 0 Å². The molecule has 0 aliphatic carbocycles. The van der Waals surface area contributed by atoms with E-state index in [0.29, 0.717) is 0 Å². The van der Waals surface area contributed by atoms with Gasteiger partial charge in [-0.3, -0.25) is 0 Å². The smallest absolute Gasteiger partial charge is 0.133 e. The average Bonchev–Trinajstić information content (AvgIpc) is 2.17. The molecule has 68 valence electrons. The van der Waals surface area contributed by atoms with Crippen molar-refractivity contribution < 1.29 is 4.74 Å². The highest BCUT2D eigenvalue weighted by Gasteiger charge is 2.11. The van der Waals surface area contributed by atoms with Crippen LogP contribution in [0.4, 0.5) is 0 Å². The number of rotatable bonds is 2. The average molecular weight is 240 g/mol. The van der Waals surface area contributed by atoms with E-state index in [1.807, 2.05) is 25.1 Å². The second-order valence-electron chi connectivity index (χ2n) is 2.71. The van der Waals surface area contributed by atoms with Crippen LogP contribution in [-0.4, -0.2) is 7.11 Å². The van der Waals surface area contributed by atoms with Crippen molar-refractivity contribution in [2.75, 3.05) is 7.11 Å². The minimum atomic E-state index is -0.121. The fourth-order valence-corrected chi connectivity index (χ4v) is 1.86. The van der Waals surface area contributed by atoms with E-state index >= 15 is 0 Å². The van der Waals surface area contributed by atoms with Crippen LogP contribution < -0.4 is 4.74 Å². The van der Waals surface area contributed by atoms with Crippen molar-refractivity contribution in [3.63, 3.8) is 0 Å². The van der Waals surface area contributed by atoms with E-state index in [9.17, 15) is 0 Å². The third-order valence-electron chi connectivity index (χ3n) is 1.87. The third kappa shape index (κ3) is 2.02. The van der Waals surface area contributed by atoms with Gasteiger partial charge in [0.2, 0.25) is 0 Å². The molecule has 0 spiro atoms. The van der Waals surface area contributed by atoms with Crippen molar-refractivity contribution in [1.82, 2.24) is 0 Å². The Kier molecular flexibility index (Phi) is 3.32. The predicted molar refractivity (Wildman–Crippen MR) is 54.7 cm³/mol. The Bertz CT molecular complexity index is 343. The quantitative estimate of drug-likeness (QED) is 0.795. The van der Waals surface area contributed by atoms with Crippen molar-refractivity contribution in [2.45, 2.75) is 12.8 Å². The van der Waals surface area contributed by atoms with Gasteiger partial charge in [-0.25, -0.2) is 0 Å². The molecule has 0 amide bonds. The lowest BCUT2D eigenvalue weighted by Gasteiger charge is -2.09. The minimum absolute atomic E-state index is 0.121. The highest BCUT2D eigenvalue weighted by Crippen LogP contribution is 2.32. The van der Waals surface area contributed by atoms with Gasteiger partial charge >= 0.3 is 0 Å². The second-order valence-corrected chi connectivity index (χ2v) is 3.51. The summed E-state index contributed by atoms with van der Waals surface area (Å²) in [6.07, 6.45) is 0. The highest BCUT2D eigenvalue weighted by atomic mass is 79.9. The summed E-state index contributed by atoms with van der Waals surface area (Å²) in [6.45, 7) is 1.86. The number of ether oxygens (including phenoxy) is 1. The molecule has 0 saturated carbocycles. The Balaban J connectivity index is 3.17. The number of halogens is 1. The SMILES string of the molecule is COc1cccc(C(C)C#N)c1Br. The summed E-state index contributed by atoms with van der Waals surface area (Å²) in [7, 11) is 1.61. The lowest BCUT2D eigenvalue weighted by atomic mass is 10.0. The minimum Gasteiger partial charge on any atom is -0.496 e. The lowest BCUT2D eigenvalue weighted by molar-refractivity contribution is 0.411. The molecule has 0 bridgehead atoms. The first kappa shape index (κ1) is 10.1. The maximum atomic E-state index is 8.76. The van der Waals surface area contributed by atoms with E-state index in [2.05, 4.69) is 22.0 Å². The zero-order valence-corrected chi connectivity index (χ0v) is 9.13. The van der Waals surface area contributed by atoms with Gasteiger partial charge in [-0.15, -0.1) is 0 Å². The van der Waals surface area contributed by atoms with Crippen LogP contribution in [-0.2, 0) is 0 Å². The summed E-state index contributed by atoms with van der Waals surface area (Å²) in [5.74, 6) is 0.643. The molecule has 0 N–H and O–H groups in total. The van der Waals surface area contributed by atoms with Crippen LogP contribution in [0.2, 0.25) is 0 Å². The Labute approximate surface area is 86.3 Å². The van der Waals surface area contributed by atoms with Crippen molar-refractivity contribution in [3.8, 4) is 11.8 Å².